The molecule has 2 amide bonds. The van der Waals surface area contributed by atoms with Gasteiger partial charge in [0.25, 0.3) is 5.91 Å². The first kappa shape index (κ1) is 16.3. The number of carbonyl (C=O) groups excluding carboxylic acids is 1. The van der Waals surface area contributed by atoms with Crippen LogP contribution < -0.4 is 15.4 Å². The molecule has 0 saturated carbocycles. The summed E-state index contributed by atoms with van der Waals surface area (Å²) in [5, 5.41) is 23.5. The summed E-state index contributed by atoms with van der Waals surface area (Å²) >= 11 is 0. The Morgan fingerprint density at radius 2 is 2.24 bits per heavy atom. The molecule has 0 aliphatic carbocycles. The van der Waals surface area contributed by atoms with Crippen LogP contribution in [0.15, 0.2) is 36.5 Å². The molecule has 1 unspecified atom stereocenters. The number of fused-ring (bicyclic) bond motifs is 1. The number of hydrogen-bond donors (Lipinski definition) is 3. The highest BCUT2D eigenvalue weighted by Crippen LogP contribution is 2.44. The third-order valence-corrected chi connectivity index (χ3v) is 3.89. The monoisotopic (exact) mass is 338 g/mol. The number of ether oxygens (including phenoxy) is 1. The lowest BCUT2D eigenvalue weighted by Gasteiger charge is -2.29. The highest BCUT2D eigenvalue weighted by Gasteiger charge is 2.52. The Balaban J connectivity index is 2.32. The van der Waals surface area contributed by atoms with Crippen LogP contribution in [0.1, 0.15) is 23.6 Å². The Labute approximate surface area is 143 Å². The Hall–Kier alpha value is -3.60. The van der Waals surface area contributed by atoms with Gasteiger partial charge in [-0.25, -0.2) is 9.78 Å². The van der Waals surface area contributed by atoms with E-state index in [-0.39, 0.29) is 11.4 Å². The van der Waals surface area contributed by atoms with Gasteiger partial charge in [0.2, 0.25) is 5.88 Å². The largest absolute Gasteiger partial charge is 0.478 e. The fourth-order valence-electron chi connectivity index (χ4n) is 2.92. The van der Waals surface area contributed by atoms with Crippen molar-refractivity contribution in [1.29, 1.82) is 5.26 Å². The van der Waals surface area contributed by atoms with Gasteiger partial charge in [-0.1, -0.05) is 0 Å². The van der Waals surface area contributed by atoms with E-state index in [1.165, 1.54) is 12.3 Å². The summed E-state index contributed by atoms with van der Waals surface area (Å²) < 4.78 is 5.49. The van der Waals surface area contributed by atoms with Crippen LogP contribution >= 0.6 is 0 Å². The lowest BCUT2D eigenvalue weighted by Crippen LogP contribution is -2.51. The summed E-state index contributed by atoms with van der Waals surface area (Å²) in [7, 11) is 0. The average Bonchev–Trinajstić information content (AvgIpc) is 2.87. The second-order valence-electron chi connectivity index (χ2n) is 5.30. The Bertz CT molecular complexity index is 906. The van der Waals surface area contributed by atoms with Crippen LogP contribution in [0.2, 0.25) is 0 Å². The lowest BCUT2D eigenvalue weighted by atomic mass is 9.83. The second-order valence-corrected chi connectivity index (χ2v) is 5.30. The zero-order chi connectivity index (χ0) is 18.0. The molecule has 0 radical (unpaired) electrons. The van der Waals surface area contributed by atoms with Gasteiger partial charge in [0.05, 0.1) is 23.8 Å². The van der Waals surface area contributed by atoms with Crippen molar-refractivity contribution >= 4 is 17.7 Å². The predicted molar refractivity (Wildman–Crippen MR) is 87.1 cm³/mol. The highest BCUT2D eigenvalue weighted by molar-refractivity contribution is 6.10. The minimum Gasteiger partial charge on any atom is -0.478 e. The molecule has 8 nitrogen and oxygen atoms in total. The van der Waals surface area contributed by atoms with E-state index in [4.69, 9.17) is 10.00 Å². The summed E-state index contributed by atoms with van der Waals surface area (Å²) in [6.45, 7) is 2.05. The number of anilines is 1. The number of pyridine rings is 1. The van der Waals surface area contributed by atoms with E-state index >= 15 is 0 Å². The number of benzene rings is 1. The fourth-order valence-corrected chi connectivity index (χ4v) is 2.92. The number of carboxylic acid groups (broad SMARTS) is 1. The second kappa shape index (κ2) is 6.13. The molecule has 2 heterocycles. The number of nitrogens with zero attached hydrogens (tertiary/aromatic N) is 2. The molecule has 3 N–H and O–H groups in total. The van der Waals surface area contributed by atoms with Crippen LogP contribution in [-0.2, 0) is 10.3 Å². The van der Waals surface area contributed by atoms with Gasteiger partial charge in [-0.05, 0) is 37.3 Å². The van der Waals surface area contributed by atoms with Gasteiger partial charge in [0.15, 0.2) is 5.54 Å². The number of nitriles is 1. The van der Waals surface area contributed by atoms with E-state index < -0.39 is 17.5 Å². The smallest absolute Gasteiger partial charge is 0.406 e. The van der Waals surface area contributed by atoms with E-state index in [1.54, 1.807) is 31.2 Å². The van der Waals surface area contributed by atoms with Gasteiger partial charge in [0, 0.05) is 17.4 Å². The standard InChI is InChI=1S/C17H14N4O4/c1-2-25-14-11(4-3-7-19-14)17(21-16(23)24)12-8-10(9-18)5-6-13(12)20-15(17)22/h3-8,21H,2H2,1H3,(H,20,22)(H,23,24). The predicted octanol–water partition coefficient (Wildman–Crippen LogP) is 1.82. The third kappa shape index (κ3) is 2.52. The number of rotatable bonds is 4. The van der Waals surface area contributed by atoms with Crippen LogP contribution in [0.3, 0.4) is 0 Å². The first-order valence-corrected chi connectivity index (χ1v) is 7.48. The van der Waals surface area contributed by atoms with Gasteiger partial charge in [-0.15, -0.1) is 0 Å². The van der Waals surface area contributed by atoms with Crippen LogP contribution in [-0.4, -0.2) is 28.7 Å². The minimum absolute atomic E-state index is 0.143. The molecule has 1 aliphatic heterocycles. The molecule has 2 aromatic rings. The van der Waals surface area contributed by atoms with Gasteiger partial charge < -0.3 is 15.2 Å². The van der Waals surface area contributed by atoms with Gasteiger partial charge in [-0.2, -0.15) is 5.26 Å². The van der Waals surface area contributed by atoms with Gasteiger partial charge >= 0.3 is 6.09 Å². The molecule has 0 fully saturated rings. The van der Waals surface area contributed by atoms with Crippen LogP contribution in [0.5, 0.6) is 5.88 Å². The summed E-state index contributed by atoms with van der Waals surface area (Å²) in [5.74, 6) is -0.446. The normalized spacial score (nSPS) is 18.0. The molecule has 1 atom stereocenters. The third-order valence-electron chi connectivity index (χ3n) is 3.89. The molecular weight excluding hydrogens is 324 g/mol. The fraction of sp³-hybridized carbons (Fsp3) is 0.176. The quantitative estimate of drug-likeness (QED) is 0.781. The maximum absolute atomic E-state index is 12.8. The molecule has 3 rings (SSSR count). The van der Waals surface area contributed by atoms with E-state index in [1.807, 2.05) is 6.07 Å². The number of nitrogens with one attached hydrogen (secondary N) is 2. The molecule has 1 aromatic carbocycles. The lowest BCUT2D eigenvalue weighted by molar-refractivity contribution is -0.120. The van der Waals surface area contributed by atoms with Gasteiger partial charge in [-0.3, -0.25) is 10.1 Å². The maximum atomic E-state index is 12.8. The average molecular weight is 338 g/mol. The molecule has 126 valence electrons. The van der Waals surface area contributed by atoms with Crippen LogP contribution in [0.4, 0.5) is 10.5 Å². The molecule has 8 heteroatoms. The Kier molecular flexibility index (Phi) is 3.99. The summed E-state index contributed by atoms with van der Waals surface area (Å²) in [6.07, 6.45) is 0.0965. The van der Waals surface area contributed by atoms with Crippen molar-refractivity contribution in [3.8, 4) is 11.9 Å². The van der Waals surface area contributed by atoms with E-state index in [0.29, 0.717) is 23.4 Å². The van der Waals surface area contributed by atoms with Crippen molar-refractivity contribution in [2.75, 3.05) is 11.9 Å². The van der Waals surface area contributed by atoms with Crippen LogP contribution in [0, 0.1) is 11.3 Å². The maximum Gasteiger partial charge on any atom is 0.406 e. The van der Waals surface area contributed by atoms with Crippen LogP contribution in [0.25, 0.3) is 0 Å². The number of amides is 2. The molecular formula is C17H14N4O4. The van der Waals surface area contributed by atoms with Crippen molar-refractivity contribution < 1.29 is 19.4 Å². The molecule has 25 heavy (non-hydrogen) atoms. The zero-order valence-corrected chi connectivity index (χ0v) is 13.2. The van der Waals surface area contributed by atoms with Crippen molar-refractivity contribution in [1.82, 2.24) is 10.3 Å². The molecule has 1 aromatic heterocycles. The summed E-state index contributed by atoms with van der Waals surface area (Å²) in [6, 6.07) is 9.74. The van der Waals surface area contributed by atoms with E-state index in [2.05, 4.69) is 15.6 Å². The first-order valence-electron chi connectivity index (χ1n) is 7.48. The SMILES string of the molecule is CCOc1ncccc1C1(NC(=O)O)C(=O)Nc2ccc(C#N)cc21. The molecule has 0 spiro atoms. The van der Waals surface area contributed by atoms with E-state index in [0.717, 1.165) is 0 Å². The highest BCUT2D eigenvalue weighted by atomic mass is 16.5. The van der Waals surface area contributed by atoms with Crippen molar-refractivity contribution in [2.45, 2.75) is 12.5 Å². The van der Waals surface area contributed by atoms with Crippen molar-refractivity contribution in [3.05, 3.63) is 53.2 Å². The van der Waals surface area contributed by atoms with Gasteiger partial charge in [0.1, 0.15) is 0 Å². The Morgan fingerprint density at radius 1 is 1.44 bits per heavy atom. The number of aromatic nitrogens is 1. The summed E-state index contributed by atoms with van der Waals surface area (Å²) in [4.78, 5) is 28.5. The minimum atomic E-state index is -1.76. The summed E-state index contributed by atoms with van der Waals surface area (Å²) in [5.41, 5.74) is -0.455. The van der Waals surface area contributed by atoms with E-state index in [9.17, 15) is 14.7 Å². The van der Waals surface area contributed by atoms with Crippen molar-refractivity contribution in [3.63, 3.8) is 0 Å². The molecule has 1 aliphatic rings. The molecule has 0 bridgehead atoms. The van der Waals surface area contributed by atoms with Crippen molar-refractivity contribution in [2.24, 2.45) is 0 Å². The molecule has 0 saturated heterocycles. The Morgan fingerprint density at radius 3 is 2.92 bits per heavy atom. The number of hydrogen-bond acceptors (Lipinski definition) is 5. The number of carbonyl (C=O) groups is 2. The first-order chi connectivity index (χ1) is 12.0. The topological polar surface area (TPSA) is 124 Å². The zero-order valence-electron chi connectivity index (χ0n) is 13.2.